The lowest BCUT2D eigenvalue weighted by molar-refractivity contribution is -0.137. The van der Waals surface area contributed by atoms with Gasteiger partial charge in [-0.2, -0.15) is 0 Å². The molecule has 2 atom stereocenters. The predicted octanol–water partition coefficient (Wildman–Crippen LogP) is 4.63. The summed E-state index contributed by atoms with van der Waals surface area (Å²) >= 11 is 5.00. The van der Waals surface area contributed by atoms with E-state index in [-0.39, 0.29) is 42.0 Å². The minimum absolute atomic E-state index is 0.00257. The van der Waals surface area contributed by atoms with Gasteiger partial charge in [0.15, 0.2) is 5.13 Å². The SMILES string of the molecule is O=C1CCC(N2Cc3c(ccc(CN4CCN(C5CCN(c6ccc7c(c6)C(=O)N(C(C(=O)Nc6nccs6)c6cc(F)ccc6O)C7)CC5)CC4)c3Br)C2=O)C(=O)N1. The van der Waals surface area contributed by atoms with Crippen LogP contribution >= 0.6 is 27.3 Å². The number of carbonyl (C=O) groups excluding carboxylic acids is 5. The maximum absolute atomic E-state index is 14.4. The molecule has 3 saturated heterocycles. The second kappa shape index (κ2) is 16.1. The van der Waals surface area contributed by atoms with Gasteiger partial charge in [-0.15, -0.1) is 11.3 Å². The van der Waals surface area contributed by atoms with Crippen LogP contribution in [0.4, 0.5) is 15.2 Å². The number of phenolic OH excluding ortho intramolecular Hbond substituents is 1. The third-order valence-corrected chi connectivity index (χ3v) is 14.0. The van der Waals surface area contributed by atoms with Crippen LogP contribution in [-0.4, -0.2) is 111 Å². The highest BCUT2D eigenvalue weighted by Gasteiger charge is 2.42. The smallest absolute Gasteiger partial charge is 0.255 e. The molecule has 3 fully saturated rings. The molecule has 0 spiro atoms. The number of fused-ring (bicyclic) bond motifs is 2. The third kappa shape index (κ3) is 7.60. The Balaban J connectivity index is 0.798. The van der Waals surface area contributed by atoms with E-state index in [2.05, 4.69) is 46.2 Å². The Morgan fingerprint density at radius 3 is 2.49 bits per heavy atom. The number of amides is 5. The van der Waals surface area contributed by atoms with Crippen molar-refractivity contribution in [2.75, 3.05) is 49.5 Å². The fourth-order valence-corrected chi connectivity index (χ4v) is 10.3. The van der Waals surface area contributed by atoms with Gasteiger partial charge in [0.1, 0.15) is 23.7 Å². The van der Waals surface area contributed by atoms with Gasteiger partial charge in [0, 0.05) is 110 Å². The Kier molecular flexibility index (Phi) is 10.7. The molecule has 0 radical (unpaired) electrons. The second-order valence-electron chi connectivity index (χ2n) is 15.7. The van der Waals surface area contributed by atoms with Crippen LogP contribution in [0.5, 0.6) is 5.75 Å². The monoisotopic (exact) mass is 884 g/mol. The standard InChI is InChI=1S/C42H42BrFN8O6S/c43-36-25(2-5-29-32(36)23-51(40(29)57)33-6-8-35(54)46-38(33)55)21-48-14-16-50(17-15-48)27-9-12-49(13-10-27)28-4-1-24-22-52(41(58)30(24)20-28)37(31-19-26(44)3-7-34(31)53)39(56)47-42-45-11-18-59-42/h1-5,7,11,18-20,27,33,37,53H,6,8-10,12-17,21-23H2,(H,45,47,56)(H,46,54,55). The first-order valence-electron chi connectivity index (χ1n) is 19.8. The Morgan fingerprint density at radius 1 is 0.949 bits per heavy atom. The molecular weight excluding hydrogens is 843 g/mol. The fraction of sp³-hybridized carbons (Fsp3) is 0.381. The van der Waals surface area contributed by atoms with Crippen LogP contribution in [0.15, 0.2) is 64.6 Å². The highest BCUT2D eigenvalue weighted by molar-refractivity contribution is 9.10. The van der Waals surface area contributed by atoms with Crippen LogP contribution in [0.25, 0.3) is 0 Å². The van der Waals surface area contributed by atoms with E-state index in [0.717, 1.165) is 97.6 Å². The molecule has 3 N–H and O–H groups in total. The largest absolute Gasteiger partial charge is 0.508 e. The lowest BCUT2D eigenvalue weighted by Gasteiger charge is -2.43. The van der Waals surface area contributed by atoms with E-state index in [9.17, 15) is 33.5 Å². The van der Waals surface area contributed by atoms with E-state index >= 15 is 0 Å². The number of hydrogen-bond acceptors (Lipinski definition) is 11. The summed E-state index contributed by atoms with van der Waals surface area (Å²) in [4.78, 5) is 79.5. The molecule has 14 nitrogen and oxygen atoms in total. The molecule has 5 aliphatic rings. The number of hydrogen-bond donors (Lipinski definition) is 3. The van der Waals surface area contributed by atoms with E-state index in [1.54, 1.807) is 16.5 Å². The summed E-state index contributed by atoms with van der Waals surface area (Å²) in [6, 6.07) is 11.6. The number of aromatic nitrogens is 1. The summed E-state index contributed by atoms with van der Waals surface area (Å²) in [5.41, 5.74) is 4.75. The first-order valence-corrected chi connectivity index (χ1v) is 21.5. The molecule has 6 heterocycles. The van der Waals surface area contributed by atoms with Crippen molar-refractivity contribution < 1.29 is 33.5 Å². The lowest BCUT2D eigenvalue weighted by Crippen LogP contribution is -2.53. The number of piperazine rings is 1. The molecule has 5 aliphatic heterocycles. The van der Waals surface area contributed by atoms with Crippen molar-refractivity contribution in [2.24, 2.45) is 0 Å². The average Bonchev–Trinajstić information content (AvgIpc) is 3.96. The third-order valence-electron chi connectivity index (χ3n) is 12.3. The van der Waals surface area contributed by atoms with Crippen LogP contribution in [0.2, 0.25) is 0 Å². The van der Waals surface area contributed by atoms with E-state index < -0.39 is 29.7 Å². The Morgan fingerprint density at radius 2 is 1.75 bits per heavy atom. The zero-order valence-corrected chi connectivity index (χ0v) is 34.4. The number of carbonyl (C=O) groups is 5. The van der Waals surface area contributed by atoms with Crippen molar-refractivity contribution in [1.82, 2.24) is 29.9 Å². The summed E-state index contributed by atoms with van der Waals surface area (Å²) in [6.45, 7) is 6.55. The molecule has 0 saturated carbocycles. The summed E-state index contributed by atoms with van der Waals surface area (Å²) in [7, 11) is 0. The summed E-state index contributed by atoms with van der Waals surface area (Å²) in [5, 5.41) is 17.8. The molecule has 59 heavy (non-hydrogen) atoms. The first-order chi connectivity index (χ1) is 28.5. The molecule has 3 aromatic carbocycles. The summed E-state index contributed by atoms with van der Waals surface area (Å²) in [6.07, 6.45) is 4.05. The quantitative estimate of drug-likeness (QED) is 0.203. The molecular formula is C42H42BrFN8O6S. The van der Waals surface area contributed by atoms with Gasteiger partial charge < -0.3 is 19.8 Å². The van der Waals surface area contributed by atoms with Crippen LogP contribution in [0.3, 0.4) is 0 Å². The number of nitrogens with zero attached hydrogens (tertiary/aromatic N) is 6. The van der Waals surface area contributed by atoms with Crippen molar-refractivity contribution in [3.63, 3.8) is 0 Å². The molecule has 1 aromatic heterocycles. The minimum Gasteiger partial charge on any atom is -0.508 e. The van der Waals surface area contributed by atoms with Crippen LogP contribution < -0.4 is 15.5 Å². The topological polar surface area (TPSA) is 159 Å². The number of anilines is 2. The molecule has 306 valence electrons. The van der Waals surface area contributed by atoms with Crippen molar-refractivity contribution in [3.05, 3.63) is 104 Å². The molecule has 0 aliphatic carbocycles. The van der Waals surface area contributed by atoms with Crippen molar-refractivity contribution in [1.29, 1.82) is 0 Å². The Bertz CT molecular complexity index is 2350. The fourth-order valence-electron chi connectivity index (χ4n) is 9.16. The normalized spacial score (nSPS) is 20.8. The van der Waals surface area contributed by atoms with E-state index in [1.807, 2.05) is 30.3 Å². The van der Waals surface area contributed by atoms with E-state index in [1.165, 1.54) is 22.3 Å². The number of nitrogens with one attached hydrogen (secondary N) is 2. The second-order valence-corrected chi connectivity index (χ2v) is 17.4. The van der Waals surface area contributed by atoms with Gasteiger partial charge in [0.2, 0.25) is 11.8 Å². The van der Waals surface area contributed by atoms with Gasteiger partial charge in [-0.25, -0.2) is 9.37 Å². The van der Waals surface area contributed by atoms with E-state index in [0.29, 0.717) is 35.3 Å². The molecule has 0 bridgehead atoms. The number of halogens is 2. The lowest BCUT2D eigenvalue weighted by atomic mass is 10.0. The number of piperidine rings is 2. The van der Waals surface area contributed by atoms with Crippen LogP contribution in [-0.2, 0) is 34.0 Å². The Labute approximate surface area is 352 Å². The number of imide groups is 1. The van der Waals surface area contributed by atoms with Crippen LogP contribution in [0.1, 0.15) is 74.7 Å². The molecule has 4 aromatic rings. The van der Waals surface area contributed by atoms with Gasteiger partial charge in [-0.3, -0.25) is 44.4 Å². The zero-order valence-electron chi connectivity index (χ0n) is 32.0. The van der Waals surface area contributed by atoms with Crippen molar-refractivity contribution in [2.45, 2.75) is 63.4 Å². The van der Waals surface area contributed by atoms with Gasteiger partial charge in [0.05, 0.1) is 0 Å². The summed E-state index contributed by atoms with van der Waals surface area (Å²) in [5.74, 6) is -2.78. The molecule has 5 amide bonds. The van der Waals surface area contributed by atoms with Crippen LogP contribution in [0, 0.1) is 5.82 Å². The van der Waals surface area contributed by atoms with E-state index in [4.69, 9.17) is 0 Å². The van der Waals surface area contributed by atoms with Crippen molar-refractivity contribution in [3.8, 4) is 5.75 Å². The van der Waals surface area contributed by atoms with Gasteiger partial charge >= 0.3 is 0 Å². The Hall–Kier alpha value is -5.23. The number of phenols is 1. The average molecular weight is 886 g/mol. The van der Waals surface area contributed by atoms with Crippen molar-refractivity contribution >= 4 is 67.6 Å². The first kappa shape index (κ1) is 39.2. The maximum Gasteiger partial charge on any atom is 0.255 e. The highest BCUT2D eigenvalue weighted by atomic mass is 79.9. The zero-order chi connectivity index (χ0) is 40.9. The number of aromatic hydroxyl groups is 1. The minimum atomic E-state index is -1.28. The molecule has 9 rings (SSSR count). The highest BCUT2D eigenvalue weighted by Crippen LogP contribution is 2.39. The summed E-state index contributed by atoms with van der Waals surface area (Å²) < 4.78 is 15.3. The number of thiazole rings is 1. The maximum atomic E-state index is 14.4. The van der Waals surface area contributed by atoms with Gasteiger partial charge in [-0.05, 0) is 72.4 Å². The molecule has 17 heteroatoms. The number of rotatable bonds is 9. The molecule has 2 unspecified atom stereocenters. The predicted molar refractivity (Wildman–Crippen MR) is 220 cm³/mol. The van der Waals surface area contributed by atoms with Gasteiger partial charge in [-0.1, -0.05) is 28.1 Å². The van der Waals surface area contributed by atoms with Gasteiger partial charge in [0.25, 0.3) is 17.7 Å². The number of benzene rings is 3.